The molecule has 2 aliphatic carbocycles. The molecule has 4 N–H and O–H groups in total. The number of nitrogens with zero attached hydrogens (tertiary/aromatic N) is 1. The second kappa shape index (κ2) is 8.20. The number of carbonyl (C=O) groups excluding carboxylic acids is 1. The van der Waals surface area contributed by atoms with E-state index in [1.54, 1.807) is 0 Å². The van der Waals surface area contributed by atoms with Crippen LogP contribution < -0.4 is 16.0 Å². The predicted octanol–water partition coefficient (Wildman–Crippen LogP) is 4.25. The van der Waals surface area contributed by atoms with Gasteiger partial charge in [-0.1, -0.05) is 36.4 Å². The number of rotatable bonds is 5. The number of hydrogen-bond donors (Lipinski definition) is 3. The number of nitrogens with two attached hydrogens (primary N) is 1. The van der Waals surface area contributed by atoms with Crippen molar-refractivity contribution in [2.24, 2.45) is 5.73 Å². The van der Waals surface area contributed by atoms with Crippen LogP contribution in [0.25, 0.3) is 0 Å². The minimum Gasteiger partial charge on any atom is -0.384 e. The average Bonchev–Trinajstić information content (AvgIpc) is 3.58. The Morgan fingerprint density at radius 3 is 2.25 bits per heavy atom. The lowest BCUT2D eigenvalue weighted by Crippen LogP contribution is -2.42. The molecule has 4 aliphatic rings. The fourth-order valence-corrected chi connectivity index (χ4v) is 6.70. The van der Waals surface area contributed by atoms with Gasteiger partial charge in [0.25, 0.3) is 5.91 Å². The van der Waals surface area contributed by atoms with E-state index in [0.717, 1.165) is 25.1 Å². The number of nitrogen functional groups attached to an aromatic ring is 1. The molecular weight excluding hydrogens is 448 g/mol. The number of anilines is 1. The lowest BCUT2D eigenvalue weighted by molar-refractivity contribution is 0.0305. The summed E-state index contributed by atoms with van der Waals surface area (Å²) in [5.74, 6) is 0.786. The van der Waals surface area contributed by atoms with E-state index in [9.17, 15) is 4.79 Å². The van der Waals surface area contributed by atoms with E-state index in [0.29, 0.717) is 41.7 Å². The van der Waals surface area contributed by atoms with Crippen LogP contribution in [0.4, 0.5) is 5.69 Å². The van der Waals surface area contributed by atoms with Gasteiger partial charge in [-0.05, 0) is 71.3 Å². The Bertz CT molecular complexity index is 1370. The highest BCUT2D eigenvalue weighted by atomic mass is 16.5. The van der Waals surface area contributed by atoms with Crippen molar-refractivity contribution in [3.8, 4) is 0 Å². The summed E-state index contributed by atoms with van der Waals surface area (Å²) in [5, 5.41) is 10.6. The summed E-state index contributed by atoms with van der Waals surface area (Å²) >= 11 is 0. The molecule has 3 aromatic carbocycles. The molecule has 182 valence electrons. The number of fused-ring (bicyclic) bond motifs is 10. The van der Waals surface area contributed by atoms with E-state index in [1.165, 1.54) is 40.8 Å². The molecule has 2 saturated heterocycles. The number of amidine groups is 1. The molecule has 0 saturated carbocycles. The molecule has 0 radical (unpaired) electrons. The molecule has 6 heteroatoms. The Kier molecular flexibility index (Phi) is 4.93. The van der Waals surface area contributed by atoms with Crippen molar-refractivity contribution in [1.82, 2.24) is 5.32 Å². The zero-order valence-corrected chi connectivity index (χ0v) is 20.2. The van der Waals surface area contributed by atoms with Gasteiger partial charge in [0, 0.05) is 48.3 Å². The molecule has 0 aromatic heterocycles. The van der Waals surface area contributed by atoms with Gasteiger partial charge in [-0.2, -0.15) is 0 Å². The molecule has 3 unspecified atom stereocenters. The number of morpholine rings is 1. The fraction of sp³-hybridized carbons (Fsp3) is 0.333. The molecule has 36 heavy (non-hydrogen) atoms. The van der Waals surface area contributed by atoms with E-state index >= 15 is 0 Å². The van der Waals surface area contributed by atoms with E-state index in [1.807, 2.05) is 30.3 Å². The van der Waals surface area contributed by atoms with Crippen LogP contribution >= 0.6 is 0 Å². The highest BCUT2D eigenvalue weighted by Gasteiger charge is 2.42. The molecular formula is C30H30N4O2. The third kappa shape index (κ3) is 3.51. The lowest BCUT2D eigenvalue weighted by atomic mass is 9.85. The van der Waals surface area contributed by atoms with Crippen LogP contribution in [0.1, 0.15) is 74.8 Å². The third-order valence-corrected chi connectivity index (χ3v) is 8.52. The van der Waals surface area contributed by atoms with Crippen molar-refractivity contribution in [3.63, 3.8) is 0 Å². The summed E-state index contributed by atoms with van der Waals surface area (Å²) in [4.78, 5) is 15.5. The smallest absolute Gasteiger partial charge is 0.251 e. The third-order valence-electron chi connectivity index (χ3n) is 8.52. The monoisotopic (exact) mass is 478 g/mol. The number of hydrogen-bond acceptors (Lipinski definition) is 4. The zero-order chi connectivity index (χ0) is 24.4. The SMILES string of the molecule is N=C(N)c1ccc(CNC(=O)c2ccc3c(c2)C2C[C@H]3c3ccc(N4CC5CCC(C4)O5)cc32)cc1. The van der Waals surface area contributed by atoms with Crippen molar-refractivity contribution in [1.29, 1.82) is 5.41 Å². The van der Waals surface area contributed by atoms with Crippen LogP contribution in [0, 0.1) is 5.41 Å². The first-order valence-electron chi connectivity index (χ1n) is 12.9. The van der Waals surface area contributed by atoms with Gasteiger partial charge in [0.2, 0.25) is 0 Å². The van der Waals surface area contributed by atoms with Crippen molar-refractivity contribution >= 4 is 17.4 Å². The van der Waals surface area contributed by atoms with Crippen LogP contribution in [0.15, 0.2) is 60.7 Å². The van der Waals surface area contributed by atoms with E-state index in [-0.39, 0.29) is 11.7 Å². The standard InChI is InChI=1S/C30H30N4O2/c31-29(32)18-3-1-17(2-4-18)14-33-30(35)19-5-9-23-25(11-19)28-13-27(23)24-10-6-20(12-26(24)28)34-15-21-7-8-22(16-34)36-21/h1-6,9-12,21-22,27-28H,7-8,13-16H2,(H3,31,32)(H,33,35)/t21?,22?,27-,28?/m1/s1. The summed E-state index contributed by atoms with van der Waals surface area (Å²) < 4.78 is 6.04. The second-order valence-electron chi connectivity index (χ2n) is 10.7. The molecule has 6 nitrogen and oxygen atoms in total. The quantitative estimate of drug-likeness (QED) is 0.378. The minimum atomic E-state index is -0.0611. The highest BCUT2D eigenvalue weighted by molar-refractivity contribution is 5.95. The average molecular weight is 479 g/mol. The lowest BCUT2D eigenvalue weighted by Gasteiger charge is -2.34. The van der Waals surface area contributed by atoms with Crippen molar-refractivity contribution in [2.45, 2.75) is 49.9 Å². The van der Waals surface area contributed by atoms with E-state index < -0.39 is 0 Å². The molecule has 0 spiro atoms. The number of benzene rings is 3. The number of carbonyl (C=O) groups is 1. The molecule has 1 amide bonds. The van der Waals surface area contributed by atoms with Gasteiger partial charge >= 0.3 is 0 Å². The molecule has 4 atom stereocenters. The Balaban J connectivity index is 1.09. The topological polar surface area (TPSA) is 91.4 Å². The maximum Gasteiger partial charge on any atom is 0.251 e. The van der Waals surface area contributed by atoms with Crippen LogP contribution in [-0.4, -0.2) is 37.0 Å². The van der Waals surface area contributed by atoms with Gasteiger partial charge in [0.05, 0.1) is 12.2 Å². The second-order valence-corrected chi connectivity index (χ2v) is 10.7. The first kappa shape index (κ1) is 21.6. The molecule has 2 heterocycles. The predicted molar refractivity (Wildman–Crippen MR) is 140 cm³/mol. The Hall–Kier alpha value is -3.64. The van der Waals surface area contributed by atoms with Crippen LogP contribution in [0.2, 0.25) is 0 Å². The zero-order valence-electron chi connectivity index (χ0n) is 20.2. The van der Waals surface area contributed by atoms with Gasteiger partial charge < -0.3 is 20.7 Å². The Labute approximate surface area is 211 Å². The molecule has 7 rings (SSSR count). The van der Waals surface area contributed by atoms with E-state index in [2.05, 4.69) is 40.5 Å². The fourth-order valence-electron chi connectivity index (χ4n) is 6.70. The van der Waals surface area contributed by atoms with Gasteiger partial charge in [-0.3, -0.25) is 10.2 Å². The largest absolute Gasteiger partial charge is 0.384 e. The summed E-state index contributed by atoms with van der Waals surface area (Å²) in [5.41, 5.74) is 14.8. The van der Waals surface area contributed by atoms with Gasteiger partial charge in [-0.25, -0.2) is 0 Å². The van der Waals surface area contributed by atoms with Crippen LogP contribution in [-0.2, 0) is 11.3 Å². The van der Waals surface area contributed by atoms with Gasteiger partial charge in [0.1, 0.15) is 5.84 Å². The van der Waals surface area contributed by atoms with Gasteiger partial charge in [0.15, 0.2) is 0 Å². The number of ether oxygens (including phenoxy) is 1. The Morgan fingerprint density at radius 1 is 0.889 bits per heavy atom. The maximum absolute atomic E-state index is 13.0. The van der Waals surface area contributed by atoms with Crippen molar-refractivity contribution in [3.05, 3.63) is 99.6 Å². The van der Waals surface area contributed by atoms with Crippen LogP contribution in [0.5, 0.6) is 0 Å². The minimum absolute atomic E-state index is 0.0452. The van der Waals surface area contributed by atoms with E-state index in [4.69, 9.17) is 15.9 Å². The maximum atomic E-state index is 13.0. The molecule has 2 fully saturated rings. The number of amides is 1. The van der Waals surface area contributed by atoms with Crippen molar-refractivity contribution < 1.29 is 9.53 Å². The summed E-state index contributed by atoms with van der Waals surface area (Å²) in [6.45, 7) is 2.41. The van der Waals surface area contributed by atoms with Gasteiger partial charge in [-0.15, -0.1) is 0 Å². The molecule has 3 aromatic rings. The molecule has 2 aliphatic heterocycles. The molecule has 4 bridgehead atoms. The Morgan fingerprint density at radius 2 is 1.53 bits per heavy atom. The highest BCUT2D eigenvalue weighted by Crippen LogP contribution is 2.57. The summed E-state index contributed by atoms with van der Waals surface area (Å²) in [6.07, 6.45) is 4.22. The first-order valence-corrected chi connectivity index (χ1v) is 12.9. The van der Waals surface area contributed by atoms with Crippen LogP contribution in [0.3, 0.4) is 0 Å². The normalized spacial score (nSPS) is 24.9. The number of nitrogens with one attached hydrogen (secondary N) is 2. The summed E-state index contributed by atoms with van der Waals surface area (Å²) in [7, 11) is 0. The summed E-state index contributed by atoms with van der Waals surface area (Å²) in [6, 6.07) is 20.7. The van der Waals surface area contributed by atoms with Crippen molar-refractivity contribution in [2.75, 3.05) is 18.0 Å². The first-order chi connectivity index (χ1) is 17.5.